The third kappa shape index (κ3) is 4.91. The molecule has 20 heavy (non-hydrogen) atoms. The van der Waals surface area contributed by atoms with Gasteiger partial charge in [-0.15, -0.1) is 0 Å². The lowest BCUT2D eigenvalue weighted by Gasteiger charge is -2.21. The first-order chi connectivity index (χ1) is 9.23. The van der Waals surface area contributed by atoms with Crippen LogP contribution in [-0.2, 0) is 9.47 Å². The second-order valence-corrected chi connectivity index (χ2v) is 5.20. The number of rotatable bonds is 4. The molecule has 0 spiro atoms. The maximum Gasteiger partial charge on any atom is 0.408 e. The van der Waals surface area contributed by atoms with Crippen molar-refractivity contribution in [3.63, 3.8) is 0 Å². The van der Waals surface area contributed by atoms with Crippen LogP contribution in [0.1, 0.15) is 56.9 Å². The zero-order chi connectivity index (χ0) is 15.3. The van der Waals surface area contributed by atoms with Gasteiger partial charge in [0.05, 0.1) is 12.6 Å². The minimum Gasteiger partial charge on any atom is -0.461 e. The molecule has 0 fully saturated rings. The van der Waals surface area contributed by atoms with Gasteiger partial charge >= 0.3 is 12.1 Å². The monoisotopic (exact) mass is 284 g/mol. The van der Waals surface area contributed by atoms with Crippen molar-refractivity contribution in [1.29, 1.82) is 0 Å². The molecule has 0 aromatic carbocycles. The smallest absolute Gasteiger partial charge is 0.408 e. The Morgan fingerprint density at radius 2 is 2.10 bits per heavy atom. The Morgan fingerprint density at radius 3 is 2.65 bits per heavy atom. The zero-order valence-electron chi connectivity index (χ0n) is 12.4. The number of alkyl carbamates (subject to hydrolysis) is 1. The minimum absolute atomic E-state index is 0.0692. The van der Waals surface area contributed by atoms with Crippen LogP contribution in [0, 0.1) is 0 Å². The minimum atomic E-state index is -0.582. The second kappa shape index (κ2) is 6.40. The Bertz CT molecular complexity index is 475. The molecule has 1 aromatic rings. The van der Waals surface area contributed by atoms with Crippen molar-refractivity contribution in [3.8, 4) is 0 Å². The summed E-state index contributed by atoms with van der Waals surface area (Å²) >= 11 is 0. The van der Waals surface area contributed by atoms with Crippen LogP contribution in [0.15, 0.2) is 10.6 Å². The molecule has 0 aliphatic heterocycles. The first-order valence-electron chi connectivity index (χ1n) is 6.36. The molecule has 0 radical (unpaired) electrons. The molecule has 1 unspecified atom stereocenters. The fourth-order valence-corrected chi connectivity index (χ4v) is 1.35. The number of esters is 1. The number of aromatic nitrogens is 1. The van der Waals surface area contributed by atoms with Gasteiger partial charge in [-0.05, 0) is 34.6 Å². The lowest BCUT2D eigenvalue weighted by atomic mass is 10.2. The van der Waals surface area contributed by atoms with E-state index in [1.807, 2.05) is 0 Å². The summed E-state index contributed by atoms with van der Waals surface area (Å²) in [6.07, 6.45) is -0.570. The topological polar surface area (TPSA) is 90.7 Å². The van der Waals surface area contributed by atoms with Crippen molar-refractivity contribution in [1.82, 2.24) is 10.5 Å². The van der Waals surface area contributed by atoms with Crippen molar-refractivity contribution >= 4 is 12.1 Å². The zero-order valence-corrected chi connectivity index (χ0v) is 12.4. The Kier molecular flexibility index (Phi) is 5.12. The van der Waals surface area contributed by atoms with E-state index in [0.717, 1.165) is 0 Å². The average Bonchev–Trinajstić information content (AvgIpc) is 2.75. The molecule has 7 heteroatoms. The molecule has 0 saturated heterocycles. The van der Waals surface area contributed by atoms with Crippen LogP contribution in [-0.4, -0.2) is 29.4 Å². The van der Waals surface area contributed by atoms with Gasteiger partial charge in [-0.2, -0.15) is 0 Å². The molecule has 0 saturated carbocycles. The van der Waals surface area contributed by atoms with Gasteiger partial charge < -0.3 is 19.3 Å². The predicted molar refractivity (Wildman–Crippen MR) is 70.2 cm³/mol. The van der Waals surface area contributed by atoms with Gasteiger partial charge in [-0.3, -0.25) is 0 Å². The molecule has 1 N–H and O–H groups in total. The van der Waals surface area contributed by atoms with E-state index in [4.69, 9.17) is 14.0 Å². The molecule has 1 atom stereocenters. The molecular weight excluding hydrogens is 264 g/mol. The van der Waals surface area contributed by atoms with Crippen LogP contribution < -0.4 is 5.32 Å². The van der Waals surface area contributed by atoms with Crippen LogP contribution in [0.4, 0.5) is 4.79 Å². The van der Waals surface area contributed by atoms with E-state index >= 15 is 0 Å². The Hall–Kier alpha value is -2.05. The lowest BCUT2D eigenvalue weighted by Crippen LogP contribution is -2.33. The van der Waals surface area contributed by atoms with Gasteiger partial charge in [0, 0.05) is 6.07 Å². The van der Waals surface area contributed by atoms with E-state index in [0.29, 0.717) is 5.76 Å². The SMILES string of the molecule is CCOC(=O)c1cc(C(C)NC(=O)OC(C)(C)C)on1. The van der Waals surface area contributed by atoms with E-state index in [-0.39, 0.29) is 12.3 Å². The first kappa shape index (κ1) is 16.0. The molecule has 1 aromatic heterocycles. The summed E-state index contributed by atoms with van der Waals surface area (Å²) in [6, 6.07) is 0.959. The highest BCUT2D eigenvalue weighted by molar-refractivity contribution is 5.87. The quantitative estimate of drug-likeness (QED) is 0.854. The number of hydrogen-bond acceptors (Lipinski definition) is 6. The third-order valence-electron chi connectivity index (χ3n) is 2.17. The number of carbonyl (C=O) groups is 2. The summed E-state index contributed by atoms with van der Waals surface area (Å²) in [6.45, 7) is 8.96. The van der Waals surface area contributed by atoms with E-state index < -0.39 is 23.7 Å². The number of ether oxygens (including phenoxy) is 2. The molecule has 112 valence electrons. The largest absolute Gasteiger partial charge is 0.461 e. The van der Waals surface area contributed by atoms with Gasteiger partial charge in [0.15, 0.2) is 11.5 Å². The first-order valence-corrected chi connectivity index (χ1v) is 6.36. The fourth-order valence-electron chi connectivity index (χ4n) is 1.35. The van der Waals surface area contributed by atoms with Crippen LogP contribution in [0.3, 0.4) is 0 Å². The molecule has 1 heterocycles. The van der Waals surface area contributed by atoms with Gasteiger partial charge in [0.1, 0.15) is 5.60 Å². The standard InChI is InChI=1S/C13H20N2O5/c1-6-18-11(16)9-7-10(20-15-9)8(2)14-12(17)19-13(3,4)5/h7-8H,6H2,1-5H3,(H,14,17). The van der Waals surface area contributed by atoms with Gasteiger partial charge in [-0.1, -0.05) is 5.16 Å². The van der Waals surface area contributed by atoms with E-state index in [2.05, 4.69) is 10.5 Å². The number of nitrogens with zero attached hydrogens (tertiary/aromatic N) is 1. The van der Waals surface area contributed by atoms with E-state index in [9.17, 15) is 9.59 Å². The predicted octanol–water partition coefficient (Wildman–Crippen LogP) is 2.44. The normalized spacial score (nSPS) is 12.7. The maximum atomic E-state index is 11.6. The fraction of sp³-hybridized carbons (Fsp3) is 0.615. The van der Waals surface area contributed by atoms with Gasteiger partial charge in [0.2, 0.25) is 0 Å². The van der Waals surface area contributed by atoms with Crippen molar-refractivity contribution in [2.45, 2.75) is 46.3 Å². The summed E-state index contributed by atoms with van der Waals surface area (Å²) < 4.78 is 14.9. The average molecular weight is 284 g/mol. The highest BCUT2D eigenvalue weighted by Gasteiger charge is 2.22. The Labute approximate surface area is 117 Å². The molecule has 1 rings (SSSR count). The number of carbonyl (C=O) groups excluding carboxylic acids is 2. The summed E-state index contributed by atoms with van der Waals surface area (Å²) in [4.78, 5) is 23.0. The number of nitrogens with one attached hydrogen (secondary N) is 1. The van der Waals surface area contributed by atoms with Crippen molar-refractivity contribution in [2.75, 3.05) is 6.61 Å². The molecule has 0 aliphatic carbocycles. The van der Waals surface area contributed by atoms with Gasteiger partial charge in [-0.25, -0.2) is 9.59 Å². The van der Waals surface area contributed by atoms with Crippen LogP contribution >= 0.6 is 0 Å². The second-order valence-electron chi connectivity index (χ2n) is 5.20. The third-order valence-corrected chi connectivity index (χ3v) is 2.17. The number of amides is 1. The molecule has 1 amide bonds. The Balaban J connectivity index is 2.62. The molecule has 7 nitrogen and oxygen atoms in total. The maximum absolute atomic E-state index is 11.6. The molecular formula is C13H20N2O5. The highest BCUT2D eigenvalue weighted by Crippen LogP contribution is 2.15. The van der Waals surface area contributed by atoms with Crippen molar-refractivity contribution in [2.24, 2.45) is 0 Å². The van der Waals surface area contributed by atoms with E-state index in [1.165, 1.54) is 6.07 Å². The molecule has 0 aliphatic rings. The summed E-state index contributed by atoms with van der Waals surface area (Å²) in [7, 11) is 0. The van der Waals surface area contributed by atoms with Crippen LogP contribution in [0.5, 0.6) is 0 Å². The Morgan fingerprint density at radius 1 is 1.45 bits per heavy atom. The lowest BCUT2D eigenvalue weighted by molar-refractivity contribution is 0.0491. The summed E-state index contributed by atoms with van der Waals surface area (Å²) in [5.74, 6) is -0.217. The number of hydrogen-bond donors (Lipinski definition) is 1. The van der Waals surface area contributed by atoms with E-state index in [1.54, 1.807) is 34.6 Å². The highest BCUT2D eigenvalue weighted by atomic mass is 16.6. The summed E-state index contributed by atoms with van der Waals surface area (Å²) in [5, 5.41) is 6.19. The van der Waals surface area contributed by atoms with Crippen molar-refractivity contribution in [3.05, 3.63) is 17.5 Å². The van der Waals surface area contributed by atoms with Crippen LogP contribution in [0.2, 0.25) is 0 Å². The van der Waals surface area contributed by atoms with Crippen molar-refractivity contribution < 1.29 is 23.6 Å². The summed E-state index contributed by atoms with van der Waals surface area (Å²) in [5.41, 5.74) is -0.513. The van der Waals surface area contributed by atoms with Crippen LogP contribution in [0.25, 0.3) is 0 Å². The molecule has 0 bridgehead atoms. The van der Waals surface area contributed by atoms with Gasteiger partial charge in [0.25, 0.3) is 0 Å².